The first-order chi connectivity index (χ1) is 13.8. The average Bonchev–Trinajstić information content (AvgIpc) is 3.31. The van der Waals surface area contributed by atoms with Crippen molar-refractivity contribution in [2.45, 2.75) is 25.4 Å². The number of allylic oxidation sites excluding steroid dienone is 1. The molecule has 4 rings (SSSR count). The lowest BCUT2D eigenvalue weighted by Crippen LogP contribution is -2.36. The lowest BCUT2D eigenvalue weighted by Gasteiger charge is -2.11. The highest BCUT2D eigenvalue weighted by molar-refractivity contribution is 7.91. The average molecular weight is 434 g/mol. The van der Waals surface area contributed by atoms with Crippen LogP contribution in [0, 0.1) is 0 Å². The fourth-order valence-electron chi connectivity index (χ4n) is 3.42. The Hall–Kier alpha value is -2.72. The van der Waals surface area contributed by atoms with Crippen molar-refractivity contribution in [3.63, 3.8) is 0 Å². The molecule has 8 nitrogen and oxygen atoms in total. The summed E-state index contributed by atoms with van der Waals surface area (Å²) in [7, 11) is -3.08. The molecule has 1 saturated heterocycles. The van der Waals surface area contributed by atoms with Gasteiger partial charge < -0.3 is 10.4 Å². The molecule has 1 fully saturated rings. The van der Waals surface area contributed by atoms with Crippen LogP contribution < -0.4 is 10.2 Å². The van der Waals surface area contributed by atoms with Crippen molar-refractivity contribution >= 4 is 50.6 Å². The Morgan fingerprint density at radius 3 is 2.93 bits per heavy atom. The van der Waals surface area contributed by atoms with E-state index in [9.17, 15) is 23.1 Å². The molecule has 152 valence electrons. The van der Waals surface area contributed by atoms with E-state index in [1.807, 2.05) is 24.3 Å². The number of aliphatic imine (C=N–C) groups is 1. The number of rotatable bonds is 5. The molecule has 1 unspecified atom stereocenters. The number of nitrogens with one attached hydrogen (secondary N) is 1. The lowest BCUT2D eigenvalue weighted by atomic mass is 10.1. The van der Waals surface area contributed by atoms with Crippen molar-refractivity contribution in [1.82, 2.24) is 9.88 Å². The summed E-state index contributed by atoms with van der Waals surface area (Å²) in [5.74, 6) is -0.515. The summed E-state index contributed by atoms with van der Waals surface area (Å²) in [6.45, 7) is 0.0142. The highest BCUT2D eigenvalue weighted by Gasteiger charge is 2.28. The third-order valence-electron chi connectivity index (χ3n) is 4.90. The summed E-state index contributed by atoms with van der Waals surface area (Å²) in [5.41, 5.74) is 2.55. The van der Waals surface area contributed by atoms with Gasteiger partial charge in [-0.3, -0.25) is 19.1 Å². The number of fused-ring (bicyclic) bond motifs is 1. The van der Waals surface area contributed by atoms with Gasteiger partial charge in [-0.2, -0.15) is 0 Å². The molecule has 1 aromatic carbocycles. The molecule has 2 aliphatic heterocycles. The molecule has 29 heavy (non-hydrogen) atoms. The van der Waals surface area contributed by atoms with Crippen molar-refractivity contribution in [3.05, 3.63) is 44.4 Å². The zero-order chi connectivity index (χ0) is 20.6. The summed E-state index contributed by atoms with van der Waals surface area (Å²) in [5, 5.41) is 13.1. The first-order valence-electron chi connectivity index (χ1n) is 9.10. The molecule has 0 aliphatic carbocycles. The number of benzene rings is 1. The van der Waals surface area contributed by atoms with Gasteiger partial charge >= 0.3 is 4.87 Å². The van der Waals surface area contributed by atoms with Crippen LogP contribution >= 0.6 is 11.3 Å². The van der Waals surface area contributed by atoms with Gasteiger partial charge in [-0.1, -0.05) is 29.5 Å². The van der Waals surface area contributed by atoms with Crippen LogP contribution in [0.15, 0.2) is 34.1 Å². The van der Waals surface area contributed by atoms with E-state index in [-0.39, 0.29) is 47.2 Å². The zero-order valence-electron chi connectivity index (χ0n) is 15.4. The summed E-state index contributed by atoms with van der Waals surface area (Å²) in [6.07, 6.45) is 3.76. The number of amides is 1. The van der Waals surface area contributed by atoms with Crippen molar-refractivity contribution in [1.29, 1.82) is 0 Å². The monoisotopic (exact) mass is 433 g/mol. The van der Waals surface area contributed by atoms with E-state index < -0.39 is 9.84 Å². The first kappa shape index (κ1) is 19.6. The third-order valence-corrected chi connectivity index (χ3v) is 7.58. The van der Waals surface area contributed by atoms with E-state index in [0.29, 0.717) is 11.3 Å². The van der Waals surface area contributed by atoms with E-state index in [1.54, 1.807) is 12.3 Å². The largest absolute Gasteiger partial charge is 0.493 e. The van der Waals surface area contributed by atoms with Crippen LogP contribution in [0.2, 0.25) is 0 Å². The van der Waals surface area contributed by atoms with Crippen LogP contribution in [-0.4, -0.2) is 47.8 Å². The molecule has 1 atom stereocenters. The second kappa shape index (κ2) is 7.60. The summed E-state index contributed by atoms with van der Waals surface area (Å²) < 4.78 is 24.1. The molecule has 3 heterocycles. The molecule has 10 heteroatoms. The van der Waals surface area contributed by atoms with Gasteiger partial charge in [0.1, 0.15) is 0 Å². The van der Waals surface area contributed by atoms with Crippen molar-refractivity contribution < 1.29 is 18.3 Å². The number of aromatic hydroxyl groups is 1. The first-order valence-corrected chi connectivity index (χ1v) is 11.7. The maximum absolute atomic E-state index is 12.3. The predicted octanol–water partition coefficient (Wildman–Crippen LogP) is 1.57. The highest BCUT2D eigenvalue weighted by Crippen LogP contribution is 2.34. The number of hydrogen-bond acceptors (Lipinski definition) is 7. The van der Waals surface area contributed by atoms with Gasteiger partial charge in [0.2, 0.25) is 11.8 Å². The summed E-state index contributed by atoms with van der Waals surface area (Å²) >= 11 is 0.895. The van der Waals surface area contributed by atoms with E-state index in [4.69, 9.17) is 0 Å². The highest BCUT2D eigenvalue weighted by atomic mass is 32.2. The minimum absolute atomic E-state index is 0.0142. The molecule has 2 N–H and O–H groups in total. The quantitative estimate of drug-likeness (QED) is 0.742. The number of carbonyl (C=O) groups excluding carboxylic acids is 1. The molecule has 1 aromatic heterocycles. The second-order valence-corrected chi connectivity index (χ2v) is 10.2. The van der Waals surface area contributed by atoms with Gasteiger partial charge in [-0.15, -0.1) is 0 Å². The number of nitrogens with zero attached hydrogens (tertiary/aromatic N) is 2. The van der Waals surface area contributed by atoms with Gasteiger partial charge in [-0.05, 0) is 18.6 Å². The van der Waals surface area contributed by atoms with Crippen LogP contribution in [-0.2, 0) is 21.2 Å². The van der Waals surface area contributed by atoms with E-state index in [2.05, 4.69) is 10.3 Å². The minimum atomic E-state index is -3.08. The van der Waals surface area contributed by atoms with Crippen LogP contribution in [0.3, 0.4) is 0 Å². The maximum Gasteiger partial charge on any atom is 0.310 e. The van der Waals surface area contributed by atoms with Crippen molar-refractivity contribution in [3.8, 4) is 5.88 Å². The minimum Gasteiger partial charge on any atom is -0.493 e. The van der Waals surface area contributed by atoms with Gasteiger partial charge in [0.05, 0.1) is 22.1 Å². The Kier molecular flexibility index (Phi) is 5.13. The number of para-hydroxylation sites is 1. The van der Waals surface area contributed by atoms with Crippen molar-refractivity contribution in [2.75, 3.05) is 11.5 Å². The number of thiazole rings is 1. The topological polar surface area (TPSA) is 118 Å². The summed E-state index contributed by atoms with van der Waals surface area (Å²) in [4.78, 5) is 28.7. The molecule has 0 spiro atoms. The number of hydrogen-bond donors (Lipinski definition) is 2. The fraction of sp³-hybridized carbons (Fsp3) is 0.316. The van der Waals surface area contributed by atoms with Gasteiger partial charge in [-0.25, -0.2) is 8.42 Å². The SMILES string of the molecule is O=C(CCn1c(O)c(C=C2C=Nc3ccccc32)sc1=O)NC1CCS(=O)(=O)C1. The Bertz CT molecular complexity index is 1190. The molecule has 1 amide bonds. The molecule has 2 aliphatic rings. The standard InChI is InChI=1S/C19H19N3O5S2/c23-17(21-13-6-8-29(26,27)11-13)5-7-22-18(24)16(28-19(22)25)9-12-10-20-15-4-2-1-3-14(12)15/h1-4,9-10,13,24H,5-8,11H2,(H,21,23). The zero-order valence-corrected chi connectivity index (χ0v) is 17.0. The number of aromatic nitrogens is 1. The maximum atomic E-state index is 12.3. The second-order valence-electron chi connectivity index (χ2n) is 7.00. The van der Waals surface area contributed by atoms with Crippen LogP contribution in [0.1, 0.15) is 23.3 Å². The third kappa shape index (κ3) is 4.18. The molecule has 0 saturated carbocycles. The Morgan fingerprint density at radius 2 is 2.17 bits per heavy atom. The molecular weight excluding hydrogens is 414 g/mol. The van der Waals surface area contributed by atoms with E-state index in [1.165, 1.54) is 0 Å². The smallest absolute Gasteiger partial charge is 0.310 e. The normalized spacial score (nSPS) is 20.8. The fourth-order valence-corrected chi connectivity index (χ4v) is 5.96. The van der Waals surface area contributed by atoms with Crippen LogP contribution in [0.4, 0.5) is 5.69 Å². The molecule has 0 bridgehead atoms. The molecule has 0 radical (unpaired) electrons. The number of carbonyl (C=O) groups is 1. The lowest BCUT2D eigenvalue weighted by molar-refractivity contribution is -0.121. The molecule has 2 aromatic rings. The van der Waals surface area contributed by atoms with Crippen LogP contribution in [0.25, 0.3) is 11.6 Å². The predicted molar refractivity (Wildman–Crippen MR) is 113 cm³/mol. The van der Waals surface area contributed by atoms with Crippen molar-refractivity contribution in [2.24, 2.45) is 4.99 Å². The van der Waals surface area contributed by atoms with Gasteiger partial charge in [0.15, 0.2) is 9.84 Å². The van der Waals surface area contributed by atoms with Gasteiger partial charge in [0.25, 0.3) is 0 Å². The Morgan fingerprint density at radius 1 is 1.38 bits per heavy atom. The van der Waals surface area contributed by atoms with E-state index >= 15 is 0 Å². The number of sulfone groups is 1. The van der Waals surface area contributed by atoms with Gasteiger partial charge in [0, 0.05) is 36.4 Å². The molecular formula is C19H19N3O5S2. The van der Waals surface area contributed by atoms with Crippen LogP contribution in [0.5, 0.6) is 5.88 Å². The summed E-state index contributed by atoms with van der Waals surface area (Å²) in [6, 6.07) is 7.19. The Labute approximate surface area is 171 Å². The Balaban J connectivity index is 1.45. The van der Waals surface area contributed by atoms with E-state index in [0.717, 1.165) is 32.7 Å².